The summed E-state index contributed by atoms with van der Waals surface area (Å²) in [5, 5.41) is 4.16. The van der Waals surface area contributed by atoms with Crippen molar-refractivity contribution in [3.05, 3.63) is 164 Å². The number of para-hydroxylation sites is 2. The Balaban J connectivity index is 1.14. The molecule has 50 heavy (non-hydrogen) atoms. The van der Waals surface area contributed by atoms with Crippen LogP contribution in [0.5, 0.6) is 0 Å². The van der Waals surface area contributed by atoms with Gasteiger partial charge >= 0.3 is 0 Å². The first-order chi connectivity index (χ1) is 24.8. The number of nitrogens with zero attached hydrogens (tertiary/aromatic N) is 3. The lowest BCUT2D eigenvalue weighted by Gasteiger charge is -2.10. The zero-order valence-corrected chi connectivity index (χ0v) is 26.7. The van der Waals surface area contributed by atoms with Crippen LogP contribution in [0.25, 0.3) is 100 Å². The van der Waals surface area contributed by atoms with E-state index in [4.69, 9.17) is 23.8 Å². The van der Waals surface area contributed by atoms with E-state index in [1.807, 2.05) is 66.7 Å². The van der Waals surface area contributed by atoms with E-state index in [9.17, 15) is 0 Å². The number of aromatic nitrogens is 3. The Hall–Kier alpha value is -6.85. The first kappa shape index (κ1) is 28.2. The van der Waals surface area contributed by atoms with E-state index in [0.29, 0.717) is 17.5 Å². The lowest BCUT2D eigenvalue weighted by molar-refractivity contribution is 0.668. The monoisotopic (exact) mass is 641 g/mol. The summed E-state index contributed by atoms with van der Waals surface area (Å²) in [6, 6.07) is 55.7. The number of hydrogen-bond donors (Lipinski definition) is 0. The van der Waals surface area contributed by atoms with Crippen LogP contribution >= 0.6 is 0 Å². The van der Waals surface area contributed by atoms with Crippen LogP contribution in [0, 0.1) is 0 Å². The summed E-state index contributed by atoms with van der Waals surface area (Å²) >= 11 is 0. The average Bonchev–Trinajstić information content (AvgIpc) is 3.77. The maximum Gasteiger partial charge on any atom is 0.164 e. The van der Waals surface area contributed by atoms with E-state index < -0.39 is 0 Å². The highest BCUT2D eigenvalue weighted by Crippen LogP contribution is 2.41. The fraction of sp³-hybridized carbons (Fsp3) is 0. The third kappa shape index (κ3) is 4.67. The van der Waals surface area contributed by atoms with Crippen molar-refractivity contribution >= 4 is 43.9 Å². The first-order valence-electron chi connectivity index (χ1n) is 16.6. The van der Waals surface area contributed by atoms with Crippen LogP contribution in [-0.2, 0) is 0 Å². The minimum absolute atomic E-state index is 0.586. The molecule has 0 N–H and O–H groups in total. The fourth-order valence-corrected chi connectivity index (χ4v) is 6.96. The van der Waals surface area contributed by atoms with E-state index in [0.717, 1.165) is 82.8 Å². The molecule has 0 atom stereocenters. The topological polar surface area (TPSA) is 65.0 Å². The van der Waals surface area contributed by atoms with Crippen molar-refractivity contribution in [1.29, 1.82) is 0 Å². The van der Waals surface area contributed by atoms with Crippen molar-refractivity contribution in [3.8, 4) is 56.4 Å². The quantitative estimate of drug-likeness (QED) is 0.187. The number of furan rings is 2. The molecule has 0 aliphatic heterocycles. The van der Waals surface area contributed by atoms with E-state index >= 15 is 0 Å². The standard InChI is InChI=1S/C45H27N3O2/c1-3-12-28(13-4-1)30-16-9-17-32(26-30)44-46-43(29-14-5-2-6-15-29)47-45(48-44)37-21-11-23-39-41(37)36-25-24-31(27-40(36)49-39)33-19-10-20-35-34-18-7-8-22-38(34)50-42(33)35/h1-27H. The summed E-state index contributed by atoms with van der Waals surface area (Å²) in [6.07, 6.45) is 0. The molecule has 7 aromatic carbocycles. The van der Waals surface area contributed by atoms with Gasteiger partial charge in [-0.2, -0.15) is 0 Å². The molecule has 234 valence electrons. The maximum atomic E-state index is 6.54. The number of benzene rings is 7. The SMILES string of the molecule is c1ccc(-c2cccc(-c3nc(-c4ccccc4)nc(-c4cccc5oc6cc(-c7cccc8c7oc7ccccc78)ccc6c45)n3)c2)cc1. The summed E-state index contributed by atoms with van der Waals surface area (Å²) in [6.45, 7) is 0. The highest BCUT2D eigenvalue weighted by atomic mass is 16.3. The fourth-order valence-electron chi connectivity index (χ4n) is 6.96. The third-order valence-corrected chi connectivity index (χ3v) is 9.35. The van der Waals surface area contributed by atoms with Gasteiger partial charge in [0.2, 0.25) is 0 Å². The Morgan fingerprint density at radius 2 is 0.940 bits per heavy atom. The summed E-state index contributed by atoms with van der Waals surface area (Å²) in [5.74, 6) is 1.81. The molecule has 0 radical (unpaired) electrons. The second kappa shape index (κ2) is 11.4. The Labute approximate surface area is 287 Å². The zero-order valence-electron chi connectivity index (χ0n) is 26.7. The van der Waals surface area contributed by atoms with Crippen LogP contribution in [0.1, 0.15) is 0 Å². The maximum absolute atomic E-state index is 6.54. The first-order valence-corrected chi connectivity index (χ1v) is 16.6. The van der Waals surface area contributed by atoms with Crippen molar-refractivity contribution in [2.75, 3.05) is 0 Å². The Bertz CT molecular complexity index is 2870. The minimum atomic E-state index is 0.586. The summed E-state index contributed by atoms with van der Waals surface area (Å²) in [7, 11) is 0. The van der Waals surface area contributed by atoms with Crippen LogP contribution < -0.4 is 0 Å². The van der Waals surface area contributed by atoms with E-state index in [1.54, 1.807) is 0 Å². The predicted molar refractivity (Wildman–Crippen MR) is 202 cm³/mol. The molecule has 0 aliphatic carbocycles. The van der Waals surface area contributed by atoms with Crippen molar-refractivity contribution < 1.29 is 8.83 Å². The molecule has 5 heteroatoms. The van der Waals surface area contributed by atoms with Gasteiger partial charge in [-0.05, 0) is 47.0 Å². The smallest absolute Gasteiger partial charge is 0.164 e. The molecule has 0 fully saturated rings. The predicted octanol–water partition coefficient (Wildman–Crippen LogP) is 12.0. The van der Waals surface area contributed by atoms with Gasteiger partial charge in [-0.1, -0.05) is 133 Å². The summed E-state index contributed by atoms with van der Waals surface area (Å²) in [5.41, 5.74) is 10.3. The van der Waals surface area contributed by atoms with Crippen molar-refractivity contribution in [2.24, 2.45) is 0 Å². The average molecular weight is 642 g/mol. The highest BCUT2D eigenvalue weighted by molar-refractivity contribution is 6.14. The van der Waals surface area contributed by atoms with Gasteiger partial charge in [0, 0.05) is 43.8 Å². The van der Waals surface area contributed by atoms with Gasteiger partial charge in [0.1, 0.15) is 22.3 Å². The molecule has 0 saturated carbocycles. The molecule has 10 rings (SSSR count). The van der Waals surface area contributed by atoms with Gasteiger partial charge in [0.25, 0.3) is 0 Å². The Morgan fingerprint density at radius 1 is 0.320 bits per heavy atom. The molecular weight excluding hydrogens is 615 g/mol. The Morgan fingerprint density at radius 3 is 1.80 bits per heavy atom. The largest absolute Gasteiger partial charge is 0.456 e. The number of hydrogen-bond acceptors (Lipinski definition) is 5. The number of rotatable bonds is 5. The molecule has 10 aromatic rings. The molecule has 3 heterocycles. The molecule has 0 amide bonds. The van der Waals surface area contributed by atoms with Gasteiger partial charge in [-0.15, -0.1) is 0 Å². The molecular formula is C45H27N3O2. The molecule has 0 bridgehead atoms. The van der Waals surface area contributed by atoms with Crippen LogP contribution in [-0.4, -0.2) is 15.0 Å². The molecule has 0 saturated heterocycles. The summed E-state index contributed by atoms with van der Waals surface area (Å²) < 4.78 is 12.9. The van der Waals surface area contributed by atoms with Crippen LogP contribution in [0.15, 0.2) is 173 Å². The molecule has 0 aliphatic rings. The summed E-state index contributed by atoms with van der Waals surface area (Å²) in [4.78, 5) is 15.2. The van der Waals surface area contributed by atoms with Gasteiger partial charge in [0.15, 0.2) is 17.5 Å². The lowest BCUT2D eigenvalue weighted by atomic mass is 9.99. The van der Waals surface area contributed by atoms with Crippen LogP contribution in [0.2, 0.25) is 0 Å². The normalized spacial score (nSPS) is 11.6. The lowest BCUT2D eigenvalue weighted by Crippen LogP contribution is -2.00. The van der Waals surface area contributed by atoms with Gasteiger partial charge < -0.3 is 8.83 Å². The highest BCUT2D eigenvalue weighted by Gasteiger charge is 2.19. The van der Waals surface area contributed by atoms with Crippen molar-refractivity contribution in [2.45, 2.75) is 0 Å². The Kier molecular flexibility index (Phi) is 6.42. The molecule has 0 unspecified atom stereocenters. The van der Waals surface area contributed by atoms with E-state index in [-0.39, 0.29) is 0 Å². The number of fused-ring (bicyclic) bond motifs is 6. The van der Waals surface area contributed by atoms with Gasteiger partial charge in [0.05, 0.1) is 0 Å². The minimum Gasteiger partial charge on any atom is -0.456 e. The van der Waals surface area contributed by atoms with Crippen molar-refractivity contribution in [1.82, 2.24) is 15.0 Å². The second-order valence-corrected chi connectivity index (χ2v) is 12.4. The molecule has 5 nitrogen and oxygen atoms in total. The zero-order chi connectivity index (χ0) is 33.0. The second-order valence-electron chi connectivity index (χ2n) is 12.4. The van der Waals surface area contributed by atoms with Gasteiger partial charge in [-0.3, -0.25) is 0 Å². The third-order valence-electron chi connectivity index (χ3n) is 9.35. The van der Waals surface area contributed by atoms with Crippen LogP contribution in [0.3, 0.4) is 0 Å². The van der Waals surface area contributed by atoms with Crippen LogP contribution in [0.4, 0.5) is 0 Å². The molecule has 3 aromatic heterocycles. The van der Waals surface area contributed by atoms with Crippen molar-refractivity contribution in [3.63, 3.8) is 0 Å². The molecule has 0 spiro atoms. The van der Waals surface area contributed by atoms with E-state index in [1.165, 1.54) is 0 Å². The van der Waals surface area contributed by atoms with E-state index in [2.05, 4.69) is 97.1 Å². The van der Waals surface area contributed by atoms with Gasteiger partial charge in [-0.25, -0.2) is 15.0 Å².